The van der Waals surface area contributed by atoms with E-state index >= 15 is 0 Å². The molecule has 0 aromatic heterocycles. The first-order valence-electron chi connectivity index (χ1n) is 8.85. The molecule has 2 aromatic rings. The van der Waals surface area contributed by atoms with Crippen LogP contribution >= 0.6 is 0 Å². The molecule has 2 aromatic carbocycles. The molecular weight excluding hydrogens is 393 g/mol. The number of nitrogens with one attached hydrogen (secondary N) is 2. The highest BCUT2D eigenvalue weighted by atomic mass is 32.2. The van der Waals surface area contributed by atoms with Crippen LogP contribution in [0.3, 0.4) is 0 Å². The average molecular weight is 414 g/mol. The smallest absolute Gasteiger partial charge is 0.416 e. The van der Waals surface area contributed by atoms with Crippen LogP contribution in [0, 0.1) is 5.92 Å². The Morgan fingerprint density at radius 1 is 1.11 bits per heavy atom. The summed E-state index contributed by atoms with van der Waals surface area (Å²) in [5.41, 5.74) is -0.760. The monoisotopic (exact) mass is 414 g/mol. The lowest BCUT2D eigenvalue weighted by atomic mass is 10.0. The minimum Gasteiger partial charge on any atom is -0.489 e. The quantitative estimate of drug-likeness (QED) is 0.731. The predicted octanol–water partition coefficient (Wildman–Crippen LogP) is 3.04. The van der Waals surface area contributed by atoms with Crippen molar-refractivity contribution in [3.05, 3.63) is 60.2 Å². The molecule has 1 aliphatic heterocycles. The Morgan fingerprint density at radius 3 is 2.36 bits per heavy atom. The average Bonchev–Trinajstić information content (AvgIpc) is 3.20. The fourth-order valence-electron chi connectivity index (χ4n) is 3.07. The Morgan fingerprint density at radius 2 is 1.79 bits per heavy atom. The third kappa shape index (κ3) is 5.24. The summed E-state index contributed by atoms with van der Waals surface area (Å²) in [5.74, 6) is 0.310. The third-order valence-corrected chi connectivity index (χ3v) is 6.06. The van der Waals surface area contributed by atoms with Crippen LogP contribution < -0.4 is 14.8 Å². The van der Waals surface area contributed by atoms with E-state index in [1.807, 2.05) is 0 Å². The summed E-state index contributed by atoms with van der Waals surface area (Å²) in [6.07, 6.45) is -4.14. The molecule has 0 aliphatic carbocycles. The van der Waals surface area contributed by atoms with Gasteiger partial charge in [-0.3, -0.25) is 0 Å². The molecule has 0 bridgehead atoms. The van der Waals surface area contributed by atoms with Gasteiger partial charge in [-0.1, -0.05) is 18.2 Å². The number of hydrogen-bond acceptors (Lipinski definition) is 4. The van der Waals surface area contributed by atoms with Crippen LogP contribution in [-0.4, -0.2) is 34.2 Å². The van der Waals surface area contributed by atoms with E-state index in [2.05, 4.69) is 10.0 Å². The SMILES string of the molecule is O=S(=O)(NC[C@@H](Oc1ccc(C(F)(F)F)cc1)C1CCNC1)c1ccccc1. The second-order valence-electron chi connectivity index (χ2n) is 6.60. The van der Waals surface area contributed by atoms with Crippen molar-refractivity contribution in [3.63, 3.8) is 0 Å². The molecule has 0 saturated carbocycles. The highest BCUT2D eigenvalue weighted by molar-refractivity contribution is 7.89. The lowest BCUT2D eigenvalue weighted by molar-refractivity contribution is -0.137. The van der Waals surface area contributed by atoms with Gasteiger partial charge in [0.05, 0.1) is 10.5 Å². The molecule has 28 heavy (non-hydrogen) atoms. The van der Waals surface area contributed by atoms with E-state index in [1.165, 1.54) is 24.3 Å². The molecule has 9 heteroatoms. The number of hydrogen-bond donors (Lipinski definition) is 2. The van der Waals surface area contributed by atoms with Crippen LogP contribution in [0.1, 0.15) is 12.0 Å². The van der Waals surface area contributed by atoms with Gasteiger partial charge in [0.25, 0.3) is 0 Å². The maximum Gasteiger partial charge on any atom is 0.416 e. The summed E-state index contributed by atoms with van der Waals surface area (Å²) in [5, 5.41) is 3.19. The lowest BCUT2D eigenvalue weighted by Crippen LogP contribution is -2.40. The molecule has 2 N–H and O–H groups in total. The number of halogens is 3. The topological polar surface area (TPSA) is 67.4 Å². The molecule has 1 unspecified atom stereocenters. The van der Waals surface area contributed by atoms with Crippen LogP contribution in [0.15, 0.2) is 59.5 Å². The van der Waals surface area contributed by atoms with E-state index in [9.17, 15) is 21.6 Å². The first kappa shape index (κ1) is 20.6. The molecule has 5 nitrogen and oxygen atoms in total. The molecule has 2 atom stereocenters. The zero-order valence-electron chi connectivity index (χ0n) is 14.9. The molecule has 0 amide bonds. The fraction of sp³-hybridized carbons (Fsp3) is 0.368. The lowest BCUT2D eigenvalue weighted by Gasteiger charge is -2.25. The Balaban J connectivity index is 1.71. The van der Waals surface area contributed by atoms with Gasteiger partial charge in [0, 0.05) is 19.0 Å². The Labute approximate surface area is 162 Å². The zero-order valence-corrected chi connectivity index (χ0v) is 15.8. The number of alkyl halides is 3. The summed E-state index contributed by atoms with van der Waals surface area (Å²) in [6.45, 7) is 1.45. The van der Waals surface area contributed by atoms with Gasteiger partial charge < -0.3 is 10.1 Å². The van der Waals surface area contributed by atoms with Crippen molar-refractivity contribution in [2.75, 3.05) is 19.6 Å². The van der Waals surface area contributed by atoms with Gasteiger partial charge in [0.1, 0.15) is 11.9 Å². The van der Waals surface area contributed by atoms with E-state index in [0.29, 0.717) is 6.54 Å². The van der Waals surface area contributed by atoms with Crippen molar-refractivity contribution in [1.82, 2.24) is 10.0 Å². The molecule has 3 rings (SSSR count). The standard InChI is InChI=1S/C19H21F3N2O3S/c20-19(21,22)15-6-8-16(9-7-15)27-18(14-10-11-23-12-14)13-24-28(25,26)17-4-2-1-3-5-17/h1-9,14,18,23-24H,10-13H2/t14?,18-/m1/s1. The van der Waals surface area contributed by atoms with Crippen molar-refractivity contribution >= 4 is 10.0 Å². The van der Waals surface area contributed by atoms with Crippen LogP contribution in [-0.2, 0) is 16.2 Å². The summed E-state index contributed by atoms with van der Waals surface area (Å²) < 4.78 is 71.5. The van der Waals surface area contributed by atoms with E-state index in [4.69, 9.17) is 4.74 Å². The largest absolute Gasteiger partial charge is 0.489 e. The third-order valence-electron chi connectivity index (χ3n) is 4.62. The second kappa shape index (κ2) is 8.50. The van der Waals surface area contributed by atoms with Gasteiger partial charge in [0.2, 0.25) is 10.0 Å². The molecule has 0 radical (unpaired) electrons. The van der Waals surface area contributed by atoms with Gasteiger partial charge in [-0.2, -0.15) is 13.2 Å². The highest BCUT2D eigenvalue weighted by Gasteiger charge is 2.31. The molecular formula is C19H21F3N2O3S. The Kier molecular flexibility index (Phi) is 6.26. The second-order valence-corrected chi connectivity index (χ2v) is 8.36. The van der Waals surface area contributed by atoms with Crippen molar-refractivity contribution < 1.29 is 26.3 Å². The number of sulfonamides is 1. The minimum absolute atomic E-state index is 0.0184. The molecule has 1 aliphatic rings. The van der Waals surface area contributed by atoms with E-state index in [1.54, 1.807) is 18.2 Å². The first-order chi connectivity index (χ1) is 13.3. The van der Waals surface area contributed by atoms with Gasteiger partial charge in [-0.25, -0.2) is 13.1 Å². The normalized spacial score (nSPS) is 18.8. The predicted molar refractivity (Wildman–Crippen MR) is 98.5 cm³/mol. The van der Waals surface area contributed by atoms with Crippen molar-refractivity contribution in [1.29, 1.82) is 0 Å². The van der Waals surface area contributed by atoms with Gasteiger partial charge >= 0.3 is 6.18 Å². The fourth-order valence-corrected chi connectivity index (χ4v) is 4.14. The van der Waals surface area contributed by atoms with Crippen molar-refractivity contribution in [3.8, 4) is 5.75 Å². The number of ether oxygens (including phenoxy) is 1. The number of rotatable bonds is 7. The van der Waals surface area contributed by atoms with Crippen LogP contribution in [0.25, 0.3) is 0 Å². The van der Waals surface area contributed by atoms with Crippen molar-refractivity contribution in [2.45, 2.75) is 23.6 Å². The van der Waals surface area contributed by atoms with E-state index in [-0.39, 0.29) is 23.1 Å². The maximum atomic E-state index is 12.7. The Hall–Kier alpha value is -2.10. The van der Waals surface area contributed by atoms with Gasteiger partial charge in [-0.15, -0.1) is 0 Å². The summed E-state index contributed by atoms with van der Waals surface area (Å²) in [4.78, 5) is 0.146. The molecule has 152 valence electrons. The van der Waals surface area contributed by atoms with Crippen LogP contribution in [0.2, 0.25) is 0 Å². The Bertz CT molecular complexity index is 866. The van der Waals surface area contributed by atoms with Gasteiger partial charge in [0.15, 0.2) is 0 Å². The molecule has 1 saturated heterocycles. The van der Waals surface area contributed by atoms with Crippen molar-refractivity contribution in [2.24, 2.45) is 5.92 Å². The number of benzene rings is 2. The zero-order chi connectivity index (χ0) is 20.2. The van der Waals surface area contributed by atoms with E-state index < -0.39 is 27.9 Å². The maximum absolute atomic E-state index is 12.7. The summed E-state index contributed by atoms with van der Waals surface area (Å²) in [7, 11) is -3.70. The molecule has 1 fully saturated rings. The van der Waals surface area contributed by atoms with Gasteiger partial charge in [-0.05, 0) is 49.4 Å². The highest BCUT2D eigenvalue weighted by Crippen LogP contribution is 2.31. The minimum atomic E-state index is -4.42. The van der Waals surface area contributed by atoms with Crippen LogP contribution in [0.5, 0.6) is 5.75 Å². The first-order valence-corrected chi connectivity index (χ1v) is 10.3. The van der Waals surface area contributed by atoms with Crippen LogP contribution in [0.4, 0.5) is 13.2 Å². The molecule has 1 heterocycles. The summed E-state index contributed by atoms with van der Waals surface area (Å²) in [6, 6.07) is 12.4. The molecule has 0 spiro atoms. The van der Waals surface area contributed by atoms with E-state index in [0.717, 1.165) is 25.1 Å². The summed E-state index contributed by atoms with van der Waals surface area (Å²) >= 11 is 0.